The van der Waals surface area contributed by atoms with Crippen LogP contribution in [0, 0.1) is 5.92 Å². The molecule has 2 aliphatic rings. The van der Waals surface area contributed by atoms with Crippen molar-refractivity contribution in [1.29, 1.82) is 0 Å². The first-order chi connectivity index (χ1) is 8.98. The van der Waals surface area contributed by atoms with Gasteiger partial charge >= 0.3 is 5.97 Å². The van der Waals surface area contributed by atoms with Crippen molar-refractivity contribution < 1.29 is 19.8 Å². The zero-order valence-corrected chi connectivity index (χ0v) is 11.1. The van der Waals surface area contributed by atoms with Crippen molar-refractivity contribution in [3.05, 3.63) is 0 Å². The van der Waals surface area contributed by atoms with Crippen molar-refractivity contribution in [3.8, 4) is 0 Å². The lowest BCUT2D eigenvalue weighted by atomic mass is 9.78. The van der Waals surface area contributed by atoms with Crippen molar-refractivity contribution in [3.63, 3.8) is 0 Å². The minimum Gasteiger partial charge on any atom is -0.481 e. The molecule has 0 bridgehead atoms. The number of carbonyl (C=O) groups excluding carboxylic acids is 1. The number of β-amino-alcohol motifs (C(OH)–C–C–N with tert-alkyl or cyclic N) is 1. The summed E-state index contributed by atoms with van der Waals surface area (Å²) in [4.78, 5) is 24.3. The topological polar surface area (TPSA) is 89.9 Å². The van der Waals surface area contributed by atoms with E-state index in [-0.39, 0.29) is 11.8 Å². The summed E-state index contributed by atoms with van der Waals surface area (Å²) in [6.07, 6.45) is 2.93. The molecule has 1 aliphatic heterocycles. The predicted octanol–water partition coefficient (Wildman–Crippen LogP) is -0.186. The van der Waals surface area contributed by atoms with Gasteiger partial charge in [0.25, 0.3) is 0 Å². The highest BCUT2D eigenvalue weighted by molar-refractivity contribution is 5.78. The van der Waals surface area contributed by atoms with Crippen LogP contribution >= 0.6 is 0 Å². The molecule has 0 spiro atoms. The Morgan fingerprint density at radius 1 is 1.42 bits per heavy atom. The van der Waals surface area contributed by atoms with Gasteiger partial charge in [-0.05, 0) is 32.1 Å². The van der Waals surface area contributed by atoms with Gasteiger partial charge in [0.05, 0.1) is 18.1 Å². The predicted molar refractivity (Wildman–Crippen MR) is 68.6 cm³/mol. The van der Waals surface area contributed by atoms with E-state index in [0.717, 1.165) is 13.0 Å². The molecule has 1 aliphatic carbocycles. The number of carbonyl (C=O) groups is 2. The fraction of sp³-hybridized carbons (Fsp3) is 0.846. The zero-order valence-electron chi connectivity index (χ0n) is 11.1. The molecule has 1 amide bonds. The maximum absolute atomic E-state index is 11.5. The van der Waals surface area contributed by atoms with Gasteiger partial charge in [-0.1, -0.05) is 0 Å². The molecule has 1 saturated heterocycles. The molecule has 1 saturated carbocycles. The number of nitrogens with one attached hydrogen (secondary N) is 1. The number of rotatable bonds is 3. The third-order valence-corrected chi connectivity index (χ3v) is 4.12. The number of hydrogen-bond donors (Lipinski definition) is 3. The molecule has 6 nitrogen and oxygen atoms in total. The summed E-state index contributed by atoms with van der Waals surface area (Å²) in [7, 11) is 0. The second kappa shape index (κ2) is 5.88. The Morgan fingerprint density at radius 3 is 2.74 bits per heavy atom. The van der Waals surface area contributed by atoms with Gasteiger partial charge in [-0.15, -0.1) is 0 Å². The fourth-order valence-electron chi connectivity index (χ4n) is 2.98. The summed E-state index contributed by atoms with van der Waals surface area (Å²) < 4.78 is 0. The molecule has 0 aromatic carbocycles. The first kappa shape index (κ1) is 14.3. The zero-order chi connectivity index (χ0) is 13.9. The SMILES string of the molecule is O=C1CN(CC2(O)CCC(C(=O)O)CC2)CCCN1. The van der Waals surface area contributed by atoms with Crippen LogP contribution in [0.25, 0.3) is 0 Å². The summed E-state index contributed by atoms with van der Waals surface area (Å²) >= 11 is 0. The molecule has 108 valence electrons. The average Bonchev–Trinajstić information content (AvgIpc) is 2.53. The molecular formula is C13H22N2O4. The van der Waals surface area contributed by atoms with Crippen molar-refractivity contribution in [2.75, 3.05) is 26.2 Å². The minimum atomic E-state index is -0.837. The summed E-state index contributed by atoms with van der Waals surface area (Å²) in [6.45, 7) is 2.27. The lowest BCUT2D eigenvalue weighted by molar-refractivity contribution is -0.145. The third kappa shape index (κ3) is 3.91. The largest absolute Gasteiger partial charge is 0.481 e. The molecule has 0 radical (unpaired) electrons. The van der Waals surface area contributed by atoms with Crippen LogP contribution in [0.5, 0.6) is 0 Å². The Morgan fingerprint density at radius 2 is 2.11 bits per heavy atom. The van der Waals surface area contributed by atoms with Gasteiger partial charge in [0.15, 0.2) is 0 Å². The lowest BCUT2D eigenvalue weighted by Crippen LogP contribution is -2.47. The molecule has 0 unspecified atom stereocenters. The number of nitrogens with zero attached hydrogens (tertiary/aromatic N) is 1. The normalized spacial score (nSPS) is 33.5. The van der Waals surface area contributed by atoms with Crippen LogP contribution < -0.4 is 5.32 Å². The van der Waals surface area contributed by atoms with E-state index in [1.807, 2.05) is 4.90 Å². The first-order valence-corrected chi connectivity index (χ1v) is 6.93. The standard InChI is InChI=1S/C13H22N2O4/c16-11-8-15(7-1-6-14-11)9-13(19)4-2-10(3-5-13)12(17)18/h10,19H,1-9H2,(H,14,16)(H,17,18). The lowest BCUT2D eigenvalue weighted by Gasteiger charge is -2.38. The van der Waals surface area contributed by atoms with Gasteiger partial charge in [0, 0.05) is 19.6 Å². The highest BCUT2D eigenvalue weighted by Crippen LogP contribution is 2.33. The van der Waals surface area contributed by atoms with Crippen LogP contribution in [0.2, 0.25) is 0 Å². The van der Waals surface area contributed by atoms with E-state index in [1.54, 1.807) is 0 Å². The third-order valence-electron chi connectivity index (χ3n) is 4.12. The van der Waals surface area contributed by atoms with E-state index in [9.17, 15) is 14.7 Å². The maximum atomic E-state index is 11.5. The highest BCUT2D eigenvalue weighted by Gasteiger charge is 2.37. The number of carboxylic acid groups (broad SMARTS) is 1. The van der Waals surface area contributed by atoms with Crippen molar-refractivity contribution in [2.45, 2.75) is 37.7 Å². The van der Waals surface area contributed by atoms with Crippen LogP contribution in [0.3, 0.4) is 0 Å². The smallest absolute Gasteiger partial charge is 0.306 e. The molecule has 19 heavy (non-hydrogen) atoms. The molecule has 1 heterocycles. The number of hydrogen-bond acceptors (Lipinski definition) is 4. The Balaban J connectivity index is 1.87. The number of amides is 1. The summed E-state index contributed by atoms with van der Waals surface area (Å²) in [5.74, 6) is -1.09. The number of carboxylic acids is 1. The maximum Gasteiger partial charge on any atom is 0.306 e. The van der Waals surface area contributed by atoms with E-state index in [1.165, 1.54) is 0 Å². The molecule has 2 fully saturated rings. The van der Waals surface area contributed by atoms with Crippen molar-refractivity contribution in [2.24, 2.45) is 5.92 Å². The van der Waals surface area contributed by atoms with Crippen molar-refractivity contribution in [1.82, 2.24) is 10.2 Å². The van der Waals surface area contributed by atoms with Crippen molar-refractivity contribution >= 4 is 11.9 Å². The Bertz CT molecular complexity index is 351. The van der Waals surface area contributed by atoms with Gasteiger partial charge in [-0.2, -0.15) is 0 Å². The van der Waals surface area contributed by atoms with Gasteiger partial charge in [0.2, 0.25) is 5.91 Å². The van der Waals surface area contributed by atoms with Gasteiger partial charge in [0.1, 0.15) is 0 Å². The van der Waals surface area contributed by atoms with E-state index in [2.05, 4.69) is 5.32 Å². The second-order valence-corrected chi connectivity index (χ2v) is 5.75. The average molecular weight is 270 g/mol. The van der Waals surface area contributed by atoms with E-state index in [0.29, 0.717) is 45.3 Å². The highest BCUT2D eigenvalue weighted by atomic mass is 16.4. The van der Waals surface area contributed by atoms with E-state index in [4.69, 9.17) is 5.11 Å². The molecule has 2 rings (SSSR count). The Labute approximate surface area is 112 Å². The number of aliphatic carboxylic acids is 1. The van der Waals surface area contributed by atoms with Gasteiger partial charge in [-0.25, -0.2) is 0 Å². The van der Waals surface area contributed by atoms with Crippen LogP contribution in [0.1, 0.15) is 32.1 Å². The monoisotopic (exact) mass is 270 g/mol. The van der Waals surface area contributed by atoms with Gasteiger partial charge < -0.3 is 15.5 Å². The first-order valence-electron chi connectivity index (χ1n) is 6.93. The molecular weight excluding hydrogens is 248 g/mol. The second-order valence-electron chi connectivity index (χ2n) is 5.75. The molecule has 0 aromatic heterocycles. The van der Waals surface area contributed by atoms with Gasteiger partial charge in [-0.3, -0.25) is 14.5 Å². The summed E-state index contributed by atoms with van der Waals surface area (Å²) in [6, 6.07) is 0. The molecule has 0 aromatic rings. The Kier molecular flexibility index (Phi) is 4.42. The van der Waals surface area contributed by atoms with E-state index < -0.39 is 11.6 Å². The quantitative estimate of drug-likeness (QED) is 0.661. The van der Waals surface area contributed by atoms with Crippen LogP contribution in [0.15, 0.2) is 0 Å². The van der Waals surface area contributed by atoms with E-state index >= 15 is 0 Å². The molecule has 3 N–H and O–H groups in total. The summed E-state index contributed by atoms with van der Waals surface area (Å²) in [5, 5.41) is 22.3. The fourth-order valence-corrected chi connectivity index (χ4v) is 2.98. The minimum absolute atomic E-state index is 0.000298. The Hall–Kier alpha value is -1.14. The van der Waals surface area contributed by atoms with Crippen LogP contribution in [-0.4, -0.2) is 58.8 Å². The number of aliphatic hydroxyl groups is 1. The van der Waals surface area contributed by atoms with Crippen LogP contribution in [-0.2, 0) is 9.59 Å². The summed E-state index contributed by atoms with van der Waals surface area (Å²) in [5.41, 5.74) is -0.837. The molecule has 0 atom stereocenters. The van der Waals surface area contributed by atoms with Crippen LogP contribution in [0.4, 0.5) is 0 Å². The molecule has 6 heteroatoms.